The van der Waals surface area contributed by atoms with E-state index in [1.807, 2.05) is 6.92 Å². The third-order valence-corrected chi connectivity index (χ3v) is 4.96. The molecule has 19 heavy (non-hydrogen) atoms. The van der Waals surface area contributed by atoms with Crippen molar-refractivity contribution in [3.8, 4) is 6.07 Å². The van der Waals surface area contributed by atoms with Gasteiger partial charge in [-0.2, -0.15) is 5.26 Å². The third kappa shape index (κ3) is 3.72. The van der Waals surface area contributed by atoms with Crippen LogP contribution in [0.25, 0.3) is 0 Å². The van der Waals surface area contributed by atoms with Crippen LogP contribution in [-0.4, -0.2) is 11.9 Å². The van der Waals surface area contributed by atoms with Crippen molar-refractivity contribution in [2.75, 3.05) is 0 Å². The molecular formula is C16H26N2O. The van der Waals surface area contributed by atoms with Gasteiger partial charge < -0.3 is 5.32 Å². The number of carbonyl (C=O) groups excluding carboxylic acids is 1. The number of nitrogens with one attached hydrogen (secondary N) is 1. The number of nitrogens with zero attached hydrogens (tertiary/aromatic N) is 1. The Hall–Kier alpha value is -1.04. The van der Waals surface area contributed by atoms with E-state index in [1.165, 1.54) is 32.1 Å². The van der Waals surface area contributed by atoms with Crippen LogP contribution in [0.1, 0.15) is 64.7 Å². The average Bonchev–Trinajstić information content (AvgIpc) is 2.46. The quantitative estimate of drug-likeness (QED) is 0.844. The Morgan fingerprint density at radius 2 is 2.00 bits per heavy atom. The molecule has 2 aliphatic carbocycles. The Balaban J connectivity index is 1.84. The number of amides is 1. The molecule has 0 heterocycles. The van der Waals surface area contributed by atoms with E-state index in [4.69, 9.17) is 5.26 Å². The van der Waals surface area contributed by atoms with Gasteiger partial charge in [0.25, 0.3) is 0 Å². The van der Waals surface area contributed by atoms with Crippen LogP contribution in [0.3, 0.4) is 0 Å². The standard InChI is InChI=1S/C16H26N2O/c1-2-5-15(11-17)18-16(19)14-9-8-12-6-3-4-7-13(12)10-14/h12-15H,2-10H2,1H3,(H,18,19). The highest BCUT2D eigenvalue weighted by atomic mass is 16.1. The first-order valence-corrected chi connectivity index (χ1v) is 7.94. The largest absolute Gasteiger partial charge is 0.340 e. The number of fused-ring (bicyclic) bond motifs is 1. The normalized spacial score (nSPS) is 31.9. The Morgan fingerprint density at radius 3 is 2.68 bits per heavy atom. The zero-order chi connectivity index (χ0) is 13.7. The minimum absolute atomic E-state index is 0.129. The number of hydrogen-bond acceptors (Lipinski definition) is 2. The third-order valence-electron chi connectivity index (χ3n) is 4.96. The second-order valence-corrected chi connectivity index (χ2v) is 6.29. The van der Waals surface area contributed by atoms with Gasteiger partial charge >= 0.3 is 0 Å². The molecule has 2 rings (SSSR count). The molecule has 0 aromatic rings. The highest BCUT2D eigenvalue weighted by Crippen LogP contribution is 2.42. The zero-order valence-electron chi connectivity index (χ0n) is 12.0. The van der Waals surface area contributed by atoms with Gasteiger partial charge in [0.15, 0.2) is 0 Å². The van der Waals surface area contributed by atoms with E-state index >= 15 is 0 Å². The molecule has 4 atom stereocenters. The molecule has 1 amide bonds. The van der Waals surface area contributed by atoms with E-state index in [0.29, 0.717) is 0 Å². The molecule has 3 heteroatoms. The van der Waals surface area contributed by atoms with Gasteiger partial charge in [-0.3, -0.25) is 4.79 Å². The summed E-state index contributed by atoms with van der Waals surface area (Å²) in [6.45, 7) is 2.05. The highest BCUT2D eigenvalue weighted by molar-refractivity contribution is 5.79. The summed E-state index contributed by atoms with van der Waals surface area (Å²) in [5, 5.41) is 12.0. The fourth-order valence-corrected chi connectivity index (χ4v) is 3.86. The molecule has 0 saturated heterocycles. The van der Waals surface area contributed by atoms with Gasteiger partial charge in [0.05, 0.1) is 6.07 Å². The Kier molecular flexibility index (Phi) is 5.24. The van der Waals surface area contributed by atoms with Crippen molar-refractivity contribution >= 4 is 5.91 Å². The van der Waals surface area contributed by atoms with Crippen molar-refractivity contribution < 1.29 is 4.79 Å². The fraction of sp³-hybridized carbons (Fsp3) is 0.875. The maximum Gasteiger partial charge on any atom is 0.224 e. The van der Waals surface area contributed by atoms with Crippen LogP contribution in [0.2, 0.25) is 0 Å². The number of carbonyl (C=O) groups is 1. The van der Waals surface area contributed by atoms with Crippen molar-refractivity contribution in [3.05, 3.63) is 0 Å². The lowest BCUT2D eigenvalue weighted by Gasteiger charge is -2.38. The molecule has 2 aliphatic rings. The number of hydrogen-bond donors (Lipinski definition) is 1. The van der Waals surface area contributed by atoms with Crippen LogP contribution >= 0.6 is 0 Å². The molecule has 0 bridgehead atoms. The van der Waals surface area contributed by atoms with E-state index < -0.39 is 0 Å². The van der Waals surface area contributed by atoms with Crippen LogP contribution in [0.5, 0.6) is 0 Å². The summed E-state index contributed by atoms with van der Waals surface area (Å²) < 4.78 is 0. The van der Waals surface area contributed by atoms with E-state index in [0.717, 1.165) is 37.5 Å². The second-order valence-electron chi connectivity index (χ2n) is 6.29. The van der Waals surface area contributed by atoms with Crippen molar-refractivity contribution in [1.29, 1.82) is 5.26 Å². The smallest absolute Gasteiger partial charge is 0.224 e. The monoisotopic (exact) mass is 262 g/mol. The fourth-order valence-electron chi connectivity index (χ4n) is 3.86. The predicted molar refractivity (Wildman–Crippen MR) is 75.2 cm³/mol. The lowest BCUT2D eigenvalue weighted by molar-refractivity contribution is -0.127. The van der Waals surface area contributed by atoms with E-state index in [1.54, 1.807) is 0 Å². The van der Waals surface area contributed by atoms with Gasteiger partial charge in [-0.1, -0.05) is 39.0 Å². The Bertz CT molecular complexity index is 347. The van der Waals surface area contributed by atoms with Gasteiger partial charge in [-0.05, 0) is 37.5 Å². The Morgan fingerprint density at radius 1 is 1.26 bits per heavy atom. The minimum Gasteiger partial charge on any atom is -0.340 e. The first kappa shape index (κ1) is 14.4. The molecule has 2 fully saturated rings. The van der Waals surface area contributed by atoms with Crippen LogP contribution < -0.4 is 5.32 Å². The summed E-state index contributed by atoms with van der Waals surface area (Å²) >= 11 is 0. The summed E-state index contributed by atoms with van der Waals surface area (Å²) in [4.78, 5) is 12.3. The summed E-state index contributed by atoms with van der Waals surface area (Å²) in [5.41, 5.74) is 0. The first-order chi connectivity index (χ1) is 9.24. The lowest BCUT2D eigenvalue weighted by atomic mass is 9.67. The highest BCUT2D eigenvalue weighted by Gasteiger charge is 2.35. The predicted octanol–water partition coefficient (Wildman–Crippen LogP) is 3.40. The second kappa shape index (κ2) is 6.93. The van der Waals surface area contributed by atoms with Gasteiger partial charge in [0.1, 0.15) is 6.04 Å². The van der Waals surface area contributed by atoms with E-state index in [2.05, 4.69) is 11.4 Å². The molecule has 0 aromatic carbocycles. The molecule has 0 aliphatic heterocycles. The zero-order valence-corrected chi connectivity index (χ0v) is 12.0. The van der Waals surface area contributed by atoms with Gasteiger partial charge in [-0.15, -0.1) is 0 Å². The van der Waals surface area contributed by atoms with Crippen molar-refractivity contribution in [1.82, 2.24) is 5.32 Å². The molecule has 1 N–H and O–H groups in total. The van der Waals surface area contributed by atoms with Crippen LogP contribution in [0, 0.1) is 29.1 Å². The van der Waals surface area contributed by atoms with Gasteiger partial charge in [0, 0.05) is 5.92 Å². The number of nitriles is 1. The van der Waals surface area contributed by atoms with E-state index in [-0.39, 0.29) is 17.9 Å². The summed E-state index contributed by atoms with van der Waals surface area (Å²) in [5.74, 6) is 1.93. The molecule has 3 nitrogen and oxygen atoms in total. The summed E-state index contributed by atoms with van der Waals surface area (Å²) in [7, 11) is 0. The SMILES string of the molecule is CCCC(C#N)NC(=O)C1CCC2CCCCC2C1. The summed E-state index contributed by atoms with van der Waals surface area (Å²) in [6.07, 6.45) is 10.4. The van der Waals surface area contributed by atoms with Crippen molar-refractivity contribution in [2.24, 2.45) is 17.8 Å². The Labute approximate surface area is 116 Å². The summed E-state index contributed by atoms with van der Waals surface area (Å²) in [6, 6.07) is 1.91. The first-order valence-electron chi connectivity index (χ1n) is 7.94. The maximum atomic E-state index is 12.3. The van der Waals surface area contributed by atoms with E-state index in [9.17, 15) is 4.79 Å². The molecule has 0 spiro atoms. The molecule has 0 radical (unpaired) electrons. The van der Waals surface area contributed by atoms with Crippen LogP contribution in [0.4, 0.5) is 0 Å². The van der Waals surface area contributed by atoms with Crippen molar-refractivity contribution in [3.63, 3.8) is 0 Å². The average molecular weight is 262 g/mol. The number of rotatable bonds is 4. The van der Waals surface area contributed by atoms with Crippen LogP contribution in [0.15, 0.2) is 0 Å². The molecule has 4 unspecified atom stereocenters. The minimum atomic E-state index is -0.290. The maximum absolute atomic E-state index is 12.3. The van der Waals surface area contributed by atoms with Gasteiger partial charge in [0.2, 0.25) is 5.91 Å². The van der Waals surface area contributed by atoms with Crippen LogP contribution in [-0.2, 0) is 4.79 Å². The molecule has 2 saturated carbocycles. The van der Waals surface area contributed by atoms with Crippen molar-refractivity contribution in [2.45, 2.75) is 70.8 Å². The lowest BCUT2D eigenvalue weighted by Crippen LogP contribution is -2.41. The van der Waals surface area contributed by atoms with Gasteiger partial charge in [-0.25, -0.2) is 0 Å². The molecule has 0 aromatic heterocycles. The molecule has 106 valence electrons. The molecular weight excluding hydrogens is 236 g/mol. The topological polar surface area (TPSA) is 52.9 Å².